The van der Waals surface area contributed by atoms with Crippen LogP contribution in [0.2, 0.25) is 0 Å². The van der Waals surface area contributed by atoms with Crippen LogP contribution in [0.5, 0.6) is 0 Å². The average Bonchev–Trinajstić information content (AvgIpc) is 3.35. The summed E-state index contributed by atoms with van der Waals surface area (Å²) in [5.74, 6) is 0.122. The second kappa shape index (κ2) is 11.0. The van der Waals surface area contributed by atoms with Gasteiger partial charge in [0.25, 0.3) is 0 Å². The van der Waals surface area contributed by atoms with Crippen molar-refractivity contribution in [2.24, 2.45) is 0 Å². The normalized spacial score (nSPS) is 15.6. The number of benzene rings is 1. The number of anilines is 2. The maximum atomic E-state index is 11.8. The number of nitrogens with zero attached hydrogens (tertiary/aromatic N) is 3. The van der Waals surface area contributed by atoms with Gasteiger partial charge in [-0.05, 0) is 70.0 Å². The van der Waals surface area contributed by atoms with Crippen LogP contribution in [-0.2, 0) is 10.0 Å². The van der Waals surface area contributed by atoms with Gasteiger partial charge in [0, 0.05) is 53.3 Å². The Morgan fingerprint density at radius 2 is 2.06 bits per heavy atom. The number of aryl methyl sites for hydroxylation is 1. The van der Waals surface area contributed by atoms with Gasteiger partial charge in [0.2, 0.25) is 10.0 Å². The number of nitrogens with one attached hydrogen (secondary N) is 3. The van der Waals surface area contributed by atoms with Crippen LogP contribution in [0, 0.1) is 18.3 Å². The van der Waals surface area contributed by atoms with Crippen molar-refractivity contribution in [2.45, 2.75) is 39.2 Å². The SMILES string of the molecule is CCS(=O)(=O)NC1CCN(CC/C=C/c2cncc(C#N)c2Nc2ccc3[nH]ccc3c2C)CC1. The first kappa shape index (κ1) is 24.9. The zero-order chi connectivity index (χ0) is 24.8. The molecule has 0 atom stereocenters. The van der Waals surface area contributed by atoms with Gasteiger partial charge in [-0.15, -0.1) is 0 Å². The first-order valence-electron chi connectivity index (χ1n) is 12.0. The number of hydrogen-bond acceptors (Lipinski definition) is 6. The van der Waals surface area contributed by atoms with E-state index in [-0.39, 0.29) is 11.8 Å². The van der Waals surface area contributed by atoms with Gasteiger partial charge in [-0.3, -0.25) is 4.98 Å². The number of H-pyrrole nitrogens is 1. The smallest absolute Gasteiger partial charge is 0.211 e. The van der Waals surface area contributed by atoms with Gasteiger partial charge in [0.15, 0.2) is 0 Å². The second-order valence-electron chi connectivity index (χ2n) is 8.89. The fourth-order valence-electron chi connectivity index (χ4n) is 4.46. The number of fused-ring (bicyclic) bond motifs is 1. The number of rotatable bonds is 9. The molecule has 1 saturated heterocycles. The van der Waals surface area contributed by atoms with Crippen molar-refractivity contribution in [3.63, 3.8) is 0 Å². The van der Waals surface area contributed by atoms with Gasteiger partial charge >= 0.3 is 0 Å². The van der Waals surface area contributed by atoms with Crippen LogP contribution < -0.4 is 10.0 Å². The minimum absolute atomic E-state index is 0.0362. The number of likely N-dealkylation sites (tertiary alicyclic amines) is 1. The Morgan fingerprint density at radius 3 is 2.80 bits per heavy atom. The molecule has 0 spiro atoms. The van der Waals surface area contributed by atoms with Crippen molar-refractivity contribution in [2.75, 3.05) is 30.7 Å². The molecule has 0 bridgehead atoms. The molecule has 3 heterocycles. The Kier molecular flexibility index (Phi) is 7.86. The van der Waals surface area contributed by atoms with E-state index in [0.29, 0.717) is 5.56 Å². The minimum Gasteiger partial charge on any atom is -0.361 e. The standard InChI is InChI=1S/C26H32N6O2S/c1-3-35(33,34)31-22-10-14-32(15-11-22)13-5-4-6-20-17-28-18-21(16-27)26(20)30-24-7-8-25-23(19(24)2)9-12-29-25/h4,6-9,12,17-18,22,29,31H,3,5,10-11,13-15H2,1-2H3,(H,28,30)/b6-4+. The number of pyridine rings is 1. The molecule has 4 rings (SSSR count). The van der Waals surface area contributed by atoms with E-state index in [9.17, 15) is 13.7 Å². The number of nitriles is 1. The van der Waals surface area contributed by atoms with Crippen molar-refractivity contribution in [3.05, 3.63) is 59.6 Å². The van der Waals surface area contributed by atoms with E-state index in [1.54, 1.807) is 19.3 Å². The molecule has 3 N–H and O–H groups in total. The van der Waals surface area contributed by atoms with E-state index >= 15 is 0 Å². The summed E-state index contributed by atoms with van der Waals surface area (Å²) in [5.41, 5.74) is 5.26. The molecule has 0 saturated carbocycles. The zero-order valence-electron chi connectivity index (χ0n) is 20.2. The third-order valence-corrected chi connectivity index (χ3v) is 8.03. The minimum atomic E-state index is -3.15. The molecule has 9 heteroatoms. The number of sulfonamides is 1. The Balaban J connectivity index is 1.39. The molecular formula is C26H32N6O2S. The predicted molar refractivity (Wildman–Crippen MR) is 141 cm³/mol. The lowest BCUT2D eigenvalue weighted by Crippen LogP contribution is -2.45. The number of aromatic nitrogens is 2. The van der Waals surface area contributed by atoms with Crippen LogP contribution in [0.25, 0.3) is 17.0 Å². The lowest BCUT2D eigenvalue weighted by atomic mass is 10.1. The molecule has 8 nitrogen and oxygen atoms in total. The summed E-state index contributed by atoms with van der Waals surface area (Å²) in [4.78, 5) is 9.84. The highest BCUT2D eigenvalue weighted by Gasteiger charge is 2.22. The molecule has 35 heavy (non-hydrogen) atoms. The van der Waals surface area contributed by atoms with Gasteiger partial charge in [-0.25, -0.2) is 13.1 Å². The highest BCUT2D eigenvalue weighted by Crippen LogP contribution is 2.30. The van der Waals surface area contributed by atoms with E-state index in [0.717, 1.165) is 72.3 Å². The third kappa shape index (κ3) is 6.09. The molecule has 0 radical (unpaired) electrons. The average molecular weight is 493 g/mol. The molecule has 1 fully saturated rings. The van der Waals surface area contributed by atoms with Crippen LogP contribution in [0.15, 0.2) is 42.9 Å². The topological polar surface area (TPSA) is 114 Å². The van der Waals surface area contributed by atoms with E-state index < -0.39 is 10.0 Å². The summed E-state index contributed by atoms with van der Waals surface area (Å²) < 4.78 is 26.4. The summed E-state index contributed by atoms with van der Waals surface area (Å²) >= 11 is 0. The fourth-order valence-corrected chi connectivity index (χ4v) is 5.37. The lowest BCUT2D eigenvalue weighted by Gasteiger charge is -2.31. The molecule has 2 aromatic heterocycles. The molecule has 1 aromatic carbocycles. The molecule has 0 amide bonds. The molecule has 3 aromatic rings. The van der Waals surface area contributed by atoms with E-state index in [4.69, 9.17) is 0 Å². The molecular weight excluding hydrogens is 460 g/mol. The largest absolute Gasteiger partial charge is 0.361 e. The quantitative estimate of drug-likeness (QED) is 0.411. The third-order valence-electron chi connectivity index (χ3n) is 6.58. The maximum Gasteiger partial charge on any atom is 0.211 e. The lowest BCUT2D eigenvalue weighted by molar-refractivity contribution is 0.211. The van der Waals surface area contributed by atoms with Crippen LogP contribution >= 0.6 is 0 Å². The maximum absolute atomic E-state index is 11.8. The van der Waals surface area contributed by atoms with E-state index in [1.807, 2.05) is 24.4 Å². The summed E-state index contributed by atoms with van der Waals surface area (Å²) in [6.45, 7) is 6.39. The van der Waals surface area contributed by atoms with Crippen molar-refractivity contribution < 1.29 is 8.42 Å². The van der Waals surface area contributed by atoms with E-state index in [2.05, 4.69) is 50.0 Å². The summed E-state index contributed by atoms with van der Waals surface area (Å²) in [7, 11) is -3.15. The number of piperidine rings is 1. The van der Waals surface area contributed by atoms with Gasteiger partial charge in [-0.2, -0.15) is 5.26 Å². The van der Waals surface area contributed by atoms with Gasteiger partial charge < -0.3 is 15.2 Å². The molecule has 0 unspecified atom stereocenters. The molecule has 1 aliphatic rings. The highest BCUT2D eigenvalue weighted by molar-refractivity contribution is 7.89. The van der Waals surface area contributed by atoms with Crippen LogP contribution in [0.4, 0.5) is 11.4 Å². The summed E-state index contributed by atoms with van der Waals surface area (Å²) in [6, 6.07) is 8.39. The molecule has 1 aliphatic heterocycles. The van der Waals surface area contributed by atoms with Gasteiger partial charge in [0.05, 0.1) is 17.0 Å². The Labute approximate surface area is 207 Å². The molecule has 184 valence electrons. The van der Waals surface area contributed by atoms with Crippen LogP contribution in [0.1, 0.15) is 42.9 Å². The second-order valence-corrected chi connectivity index (χ2v) is 10.9. The van der Waals surface area contributed by atoms with Crippen LogP contribution in [-0.4, -0.2) is 54.7 Å². The number of aromatic amines is 1. The van der Waals surface area contributed by atoms with Crippen molar-refractivity contribution in [1.82, 2.24) is 19.6 Å². The Hall–Kier alpha value is -3.19. The Bertz CT molecular complexity index is 1350. The van der Waals surface area contributed by atoms with Gasteiger partial charge in [-0.1, -0.05) is 12.2 Å². The van der Waals surface area contributed by atoms with Crippen molar-refractivity contribution in [3.8, 4) is 6.07 Å². The predicted octanol–water partition coefficient (Wildman–Crippen LogP) is 4.29. The van der Waals surface area contributed by atoms with Crippen molar-refractivity contribution >= 4 is 38.4 Å². The first-order chi connectivity index (χ1) is 16.9. The van der Waals surface area contributed by atoms with Crippen LogP contribution in [0.3, 0.4) is 0 Å². The van der Waals surface area contributed by atoms with Crippen molar-refractivity contribution in [1.29, 1.82) is 5.26 Å². The highest BCUT2D eigenvalue weighted by atomic mass is 32.2. The monoisotopic (exact) mass is 492 g/mol. The van der Waals surface area contributed by atoms with E-state index in [1.165, 1.54) is 0 Å². The first-order valence-corrected chi connectivity index (χ1v) is 13.7. The van der Waals surface area contributed by atoms with Gasteiger partial charge in [0.1, 0.15) is 6.07 Å². The number of hydrogen-bond donors (Lipinski definition) is 3. The summed E-state index contributed by atoms with van der Waals surface area (Å²) in [5, 5.41) is 14.3. The Morgan fingerprint density at radius 1 is 1.26 bits per heavy atom. The molecule has 0 aliphatic carbocycles. The fraction of sp³-hybridized carbons (Fsp3) is 0.385. The summed E-state index contributed by atoms with van der Waals surface area (Å²) in [6.07, 6.45) is 11.9. The zero-order valence-corrected chi connectivity index (χ0v) is 21.0.